The topological polar surface area (TPSA) is 38.0 Å². The molecule has 0 aliphatic heterocycles. The molecule has 0 radical (unpaired) electrons. The van der Waals surface area contributed by atoms with E-state index in [1.165, 1.54) is 0 Å². The first-order valence-electron chi connectivity index (χ1n) is 3.29. The Morgan fingerprint density at radius 3 is 2.67 bits per heavy atom. The van der Waals surface area contributed by atoms with Crippen LogP contribution in [0.15, 0.2) is 24.3 Å². The summed E-state index contributed by atoms with van der Waals surface area (Å²) >= 11 is 7.77. The highest BCUT2D eigenvalue weighted by Gasteiger charge is 2.32. The lowest BCUT2D eigenvalue weighted by Gasteiger charge is -2.30. The van der Waals surface area contributed by atoms with Gasteiger partial charge in [0.2, 0.25) is 0 Å². The van der Waals surface area contributed by atoms with Crippen molar-refractivity contribution in [1.82, 2.24) is 5.43 Å². The fourth-order valence-electron chi connectivity index (χ4n) is 0.961. The molecular formula is C7H12Cl2N2S. The van der Waals surface area contributed by atoms with E-state index < -0.39 is 4.21 Å². The van der Waals surface area contributed by atoms with Crippen LogP contribution in [0.25, 0.3) is 0 Å². The van der Waals surface area contributed by atoms with Gasteiger partial charge in [0.25, 0.3) is 0 Å². The molecule has 0 amide bonds. The van der Waals surface area contributed by atoms with Gasteiger partial charge >= 0.3 is 0 Å². The molecule has 0 spiro atoms. The van der Waals surface area contributed by atoms with Crippen LogP contribution in [-0.2, 0) is 0 Å². The first kappa shape index (κ1) is 12.3. The molecule has 3 N–H and O–H groups in total. The van der Waals surface area contributed by atoms with Crippen molar-refractivity contribution in [2.75, 3.05) is 6.26 Å². The summed E-state index contributed by atoms with van der Waals surface area (Å²) < 4.78 is -0.427. The second-order valence-electron chi connectivity index (χ2n) is 2.29. The van der Waals surface area contributed by atoms with Crippen LogP contribution in [0.1, 0.15) is 0 Å². The summed E-state index contributed by atoms with van der Waals surface area (Å²) in [6.07, 6.45) is 9.70. The summed E-state index contributed by atoms with van der Waals surface area (Å²) in [5, 5.41) is 0. The number of nitrogens with two attached hydrogens (primary N) is 1. The third-order valence-corrected chi connectivity index (χ3v) is 3.49. The Labute approximate surface area is 88.0 Å². The molecule has 0 aromatic carbocycles. The maximum atomic E-state index is 6.21. The lowest BCUT2D eigenvalue weighted by atomic mass is 10.1. The van der Waals surface area contributed by atoms with Crippen molar-refractivity contribution >= 4 is 35.8 Å². The van der Waals surface area contributed by atoms with Crippen LogP contribution in [-0.4, -0.2) is 16.5 Å². The van der Waals surface area contributed by atoms with Crippen LogP contribution < -0.4 is 11.3 Å². The zero-order valence-corrected chi connectivity index (χ0v) is 9.05. The monoisotopic (exact) mass is 226 g/mol. The molecule has 1 aliphatic rings. The Hall–Kier alpha value is 0.330. The van der Waals surface area contributed by atoms with E-state index in [-0.39, 0.29) is 18.4 Å². The van der Waals surface area contributed by atoms with Crippen molar-refractivity contribution in [2.45, 2.75) is 10.2 Å². The van der Waals surface area contributed by atoms with Crippen LogP contribution >= 0.6 is 35.8 Å². The van der Waals surface area contributed by atoms with E-state index in [0.29, 0.717) is 0 Å². The third-order valence-electron chi connectivity index (χ3n) is 1.65. The van der Waals surface area contributed by atoms with Gasteiger partial charge in [-0.25, -0.2) is 0 Å². The second kappa shape index (κ2) is 5.14. The van der Waals surface area contributed by atoms with Crippen LogP contribution in [0.5, 0.6) is 0 Å². The van der Waals surface area contributed by atoms with Crippen molar-refractivity contribution < 1.29 is 0 Å². The highest BCUT2D eigenvalue weighted by Crippen LogP contribution is 2.35. The van der Waals surface area contributed by atoms with Crippen LogP contribution in [0.2, 0.25) is 0 Å². The van der Waals surface area contributed by atoms with Crippen molar-refractivity contribution in [1.29, 1.82) is 0 Å². The Bertz CT molecular complexity index is 196. The quantitative estimate of drug-likeness (QED) is 0.428. The Morgan fingerprint density at radius 2 is 2.25 bits per heavy atom. The van der Waals surface area contributed by atoms with Gasteiger partial charge in [0, 0.05) is 0 Å². The third kappa shape index (κ3) is 2.41. The van der Waals surface area contributed by atoms with Gasteiger partial charge < -0.3 is 0 Å². The predicted octanol–water partition coefficient (Wildman–Crippen LogP) is 1.66. The summed E-state index contributed by atoms with van der Waals surface area (Å²) in [5.41, 5.74) is 2.65. The maximum absolute atomic E-state index is 6.21. The molecule has 2 atom stereocenters. The normalized spacial score (nSPS) is 33.1. The molecule has 1 aliphatic carbocycles. The van der Waals surface area contributed by atoms with E-state index >= 15 is 0 Å². The minimum atomic E-state index is -0.427. The standard InChI is InChI=1S/C7H11ClN2S.ClH/c1-11-7(8)5-3-2-4-6(7)10-9;/h2-6,10H,9H2,1H3;1H. The first-order valence-corrected chi connectivity index (χ1v) is 4.89. The first-order chi connectivity index (χ1) is 5.23. The van der Waals surface area contributed by atoms with E-state index in [4.69, 9.17) is 17.4 Å². The van der Waals surface area contributed by atoms with E-state index in [1.807, 2.05) is 30.6 Å². The van der Waals surface area contributed by atoms with Crippen molar-refractivity contribution in [3.8, 4) is 0 Å². The summed E-state index contributed by atoms with van der Waals surface area (Å²) in [5.74, 6) is 5.32. The SMILES string of the molecule is CSC1(Cl)C=CC=CC1NN.Cl. The predicted molar refractivity (Wildman–Crippen MR) is 58.7 cm³/mol. The number of halogens is 2. The summed E-state index contributed by atoms with van der Waals surface area (Å²) in [7, 11) is 0. The number of hydrazine groups is 1. The van der Waals surface area contributed by atoms with Gasteiger partial charge in [0.05, 0.1) is 6.04 Å². The number of nitrogens with one attached hydrogen (secondary N) is 1. The molecule has 2 nitrogen and oxygen atoms in total. The van der Waals surface area contributed by atoms with E-state index in [9.17, 15) is 0 Å². The van der Waals surface area contributed by atoms with Gasteiger partial charge in [0.1, 0.15) is 4.21 Å². The van der Waals surface area contributed by atoms with Gasteiger partial charge in [-0.05, 0) is 6.26 Å². The maximum Gasteiger partial charge on any atom is 0.128 e. The fourth-order valence-corrected chi connectivity index (χ4v) is 1.78. The summed E-state index contributed by atoms with van der Waals surface area (Å²) in [4.78, 5) is 0. The smallest absolute Gasteiger partial charge is 0.128 e. The summed E-state index contributed by atoms with van der Waals surface area (Å²) in [6.45, 7) is 0. The Morgan fingerprint density at radius 1 is 1.58 bits per heavy atom. The van der Waals surface area contributed by atoms with E-state index in [0.717, 1.165) is 0 Å². The summed E-state index contributed by atoms with van der Waals surface area (Å²) in [6, 6.07) is 0.00386. The van der Waals surface area contributed by atoms with Gasteiger partial charge in [-0.15, -0.1) is 35.8 Å². The van der Waals surface area contributed by atoms with Gasteiger partial charge in [-0.3, -0.25) is 11.3 Å². The molecule has 0 fully saturated rings. The van der Waals surface area contributed by atoms with Gasteiger partial charge in [0.15, 0.2) is 0 Å². The molecule has 0 aromatic rings. The Balaban J connectivity index is 0.00000121. The van der Waals surface area contributed by atoms with Crippen molar-refractivity contribution in [2.24, 2.45) is 5.84 Å². The number of alkyl halides is 1. The lowest BCUT2D eigenvalue weighted by molar-refractivity contribution is 0.606. The number of allylic oxidation sites excluding steroid dienone is 2. The van der Waals surface area contributed by atoms with Crippen molar-refractivity contribution in [3.63, 3.8) is 0 Å². The average Bonchev–Trinajstić information content (AvgIpc) is 2.05. The minimum absolute atomic E-state index is 0. The number of hydrogen-bond donors (Lipinski definition) is 2. The zero-order chi connectivity index (χ0) is 8.32. The molecule has 0 bridgehead atoms. The largest absolute Gasteiger partial charge is 0.271 e. The van der Waals surface area contributed by atoms with Crippen LogP contribution in [0.4, 0.5) is 0 Å². The number of thioether (sulfide) groups is 1. The lowest BCUT2D eigenvalue weighted by Crippen LogP contribution is -2.46. The fraction of sp³-hybridized carbons (Fsp3) is 0.429. The van der Waals surface area contributed by atoms with Crippen LogP contribution in [0.3, 0.4) is 0 Å². The molecule has 0 aromatic heterocycles. The zero-order valence-electron chi connectivity index (χ0n) is 6.66. The molecule has 12 heavy (non-hydrogen) atoms. The molecule has 0 heterocycles. The second-order valence-corrected chi connectivity index (χ2v) is 4.22. The molecule has 1 rings (SSSR count). The van der Waals surface area contributed by atoms with Crippen LogP contribution in [0, 0.1) is 0 Å². The number of hydrogen-bond acceptors (Lipinski definition) is 3. The molecule has 5 heteroatoms. The molecule has 0 saturated carbocycles. The minimum Gasteiger partial charge on any atom is -0.271 e. The van der Waals surface area contributed by atoms with Gasteiger partial charge in [-0.1, -0.05) is 24.3 Å². The van der Waals surface area contributed by atoms with Crippen molar-refractivity contribution in [3.05, 3.63) is 24.3 Å². The molecule has 0 saturated heterocycles. The number of rotatable bonds is 2. The highest BCUT2D eigenvalue weighted by molar-refractivity contribution is 8.01. The Kier molecular flexibility index (Phi) is 5.29. The molecular weight excluding hydrogens is 215 g/mol. The highest BCUT2D eigenvalue weighted by atomic mass is 35.5. The average molecular weight is 227 g/mol. The van der Waals surface area contributed by atoms with Gasteiger partial charge in [-0.2, -0.15) is 0 Å². The van der Waals surface area contributed by atoms with E-state index in [1.54, 1.807) is 11.8 Å². The van der Waals surface area contributed by atoms with E-state index in [2.05, 4.69) is 5.43 Å². The molecule has 70 valence electrons. The molecule has 2 unspecified atom stereocenters.